The molecule has 2 aliphatic rings. The molecule has 0 aliphatic heterocycles. The average Bonchev–Trinajstić information content (AvgIpc) is 3.20. The van der Waals surface area contributed by atoms with Gasteiger partial charge in [0.25, 0.3) is 0 Å². The van der Waals surface area contributed by atoms with Crippen molar-refractivity contribution < 1.29 is 0 Å². The predicted molar refractivity (Wildman–Crippen MR) is 93.5 cm³/mol. The van der Waals surface area contributed by atoms with Gasteiger partial charge >= 0.3 is 0 Å². The van der Waals surface area contributed by atoms with Crippen molar-refractivity contribution in [1.29, 1.82) is 0 Å². The van der Waals surface area contributed by atoms with Gasteiger partial charge < -0.3 is 10.6 Å². The lowest BCUT2D eigenvalue weighted by molar-refractivity contribution is 0.315. The first-order chi connectivity index (χ1) is 10.8. The molecule has 0 bridgehead atoms. The van der Waals surface area contributed by atoms with Crippen molar-refractivity contribution in [3.63, 3.8) is 0 Å². The van der Waals surface area contributed by atoms with Gasteiger partial charge in [-0.15, -0.1) is 11.3 Å². The second-order valence-corrected chi connectivity index (χ2v) is 7.98. The molecule has 2 fully saturated rings. The highest BCUT2D eigenvalue weighted by molar-refractivity contribution is 7.11. The van der Waals surface area contributed by atoms with Crippen LogP contribution in [-0.2, 0) is 6.42 Å². The number of nitrogens with one attached hydrogen (secondary N) is 2. The van der Waals surface area contributed by atoms with E-state index in [9.17, 15) is 0 Å². The molecule has 2 saturated carbocycles. The third-order valence-electron chi connectivity index (χ3n) is 4.94. The van der Waals surface area contributed by atoms with E-state index in [-0.39, 0.29) is 0 Å². The van der Waals surface area contributed by atoms with Crippen LogP contribution in [0, 0.1) is 18.8 Å². The van der Waals surface area contributed by atoms with Crippen molar-refractivity contribution in [2.75, 3.05) is 13.6 Å². The summed E-state index contributed by atoms with van der Waals surface area (Å²) in [7, 11) is 1.86. The fourth-order valence-electron chi connectivity index (χ4n) is 3.64. The number of hydrogen-bond donors (Lipinski definition) is 2. The van der Waals surface area contributed by atoms with E-state index in [0.29, 0.717) is 6.04 Å². The summed E-state index contributed by atoms with van der Waals surface area (Å²) in [5, 5.41) is 8.23. The quantitative estimate of drug-likeness (QED) is 0.647. The van der Waals surface area contributed by atoms with Crippen molar-refractivity contribution in [2.45, 2.75) is 57.9 Å². The second kappa shape index (κ2) is 7.44. The molecule has 0 amide bonds. The maximum atomic E-state index is 4.40. The van der Waals surface area contributed by atoms with Crippen LogP contribution in [-0.4, -0.2) is 30.6 Å². The highest BCUT2D eigenvalue weighted by Gasteiger charge is 2.43. The van der Waals surface area contributed by atoms with E-state index in [2.05, 4.69) is 27.5 Å². The Labute approximate surface area is 137 Å². The molecule has 1 aromatic rings. The lowest BCUT2D eigenvalue weighted by Crippen LogP contribution is -2.40. The van der Waals surface area contributed by atoms with Crippen LogP contribution < -0.4 is 10.6 Å². The molecule has 2 atom stereocenters. The zero-order chi connectivity index (χ0) is 15.4. The summed E-state index contributed by atoms with van der Waals surface area (Å²) in [6.45, 7) is 3.00. The SMILES string of the molecule is CN=C(NCCc1ncc(C)s1)NC1CC1C1CCCCC1. The van der Waals surface area contributed by atoms with Gasteiger partial charge in [-0.2, -0.15) is 0 Å². The Morgan fingerprint density at radius 2 is 2.18 bits per heavy atom. The van der Waals surface area contributed by atoms with Gasteiger partial charge in [-0.25, -0.2) is 4.98 Å². The van der Waals surface area contributed by atoms with Gasteiger partial charge in [0, 0.05) is 37.1 Å². The Morgan fingerprint density at radius 3 is 2.86 bits per heavy atom. The van der Waals surface area contributed by atoms with Gasteiger partial charge in [0.2, 0.25) is 0 Å². The molecule has 1 aromatic heterocycles. The number of aryl methyl sites for hydroxylation is 1. The normalized spacial score (nSPS) is 26.0. The van der Waals surface area contributed by atoms with Gasteiger partial charge in [-0.3, -0.25) is 4.99 Å². The standard InChI is InChI=1S/C17H28N4S/c1-12-11-20-16(22-12)8-9-19-17(18-2)21-15-10-14(15)13-6-4-3-5-7-13/h11,13-15H,3-10H2,1-2H3,(H2,18,19,21). The van der Waals surface area contributed by atoms with Crippen LogP contribution in [0.1, 0.15) is 48.4 Å². The molecule has 0 saturated heterocycles. The largest absolute Gasteiger partial charge is 0.356 e. The van der Waals surface area contributed by atoms with Crippen LogP contribution in [0.3, 0.4) is 0 Å². The van der Waals surface area contributed by atoms with Crippen LogP contribution in [0.15, 0.2) is 11.2 Å². The second-order valence-electron chi connectivity index (χ2n) is 6.66. The lowest BCUT2D eigenvalue weighted by Gasteiger charge is -2.22. The number of nitrogens with zero attached hydrogens (tertiary/aromatic N) is 2. The van der Waals surface area contributed by atoms with E-state index in [4.69, 9.17) is 0 Å². The van der Waals surface area contributed by atoms with Crippen LogP contribution in [0.2, 0.25) is 0 Å². The smallest absolute Gasteiger partial charge is 0.191 e. The van der Waals surface area contributed by atoms with Crippen molar-refractivity contribution >= 4 is 17.3 Å². The maximum Gasteiger partial charge on any atom is 0.191 e. The topological polar surface area (TPSA) is 49.3 Å². The monoisotopic (exact) mass is 320 g/mol. The van der Waals surface area contributed by atoms with E-state index in [0.717, 1.165) is 30.8 Å². The molecule has 2 unspecified atom stereocenters. The highest BCUT2D eigenvalue weighted by atomic mass is 32.1. The van der Waals surface area contributed by atoms with Crippen LogP contribution >= 0.6 is 11.3 Å². The Morgan fingerprint density at radius 1 is 1.36 bits per heavy atom. The summed E-state index contributed by atoms with van der Waals surface area (Å²) in [6.07, 6.45) is 11.5. The molecule has 5 heteroatoms. The summed E-state index contributed by atoms with van der Waals surface area (Å²) in [5.74, 6) is 2.81. The fraction of sp³-hybridized carbons (Fsp3) is 0.765. The number of thiazole rings is 1. The minimum absolute atomic E-state index is 0.649. The molecule has 0 spiro atoms. The molecule has 2 aliphatic carbocycles. The van der Waals surface area contributed by atoms with E-state index in [1.807, 2.05) is 13.2 Å². The number of hydrogen-bond acceptors (Lipinski definition) is 3. The minimum Gasteiger partial charge on any atom is -0.356 e. The Balaban J connectivity index is 1.37. The number of aromatic nitrogens is 1. The van der Waals surface area contributed by atoms with Crippen molar-refractivity contribution in [2.24, 2.45) is 16.8 Å². The van der Waals surface area contributed by atoms with Crippen molar-refractivity contribution in [3.05, 3.63) is 16.1 Å². The van der Waals surface area contributed by atoms with Crippen LogP contribution in [0.25, 0.3) is 0 Å². The highest BCUT2D eigenvalue weighted by Crippen LogP contribution is 2.44. The molecule has 22 heavy (non-hydrogen) atoms. The maximum absolute atomic E-state index is 4.40. The zero-order valence-electron chi connectivity index (χ0n) is 13.8. The predicted octanol–water partition coefficient (Wildman–Crippen LogP) is 3.13. The summed E-state index contributed by atoms with van der Waals surface area (Å²) in [5.41, 5.74) is 0. The van der Waals surface area contributed by atoms with Gasteiger partial charge in [-0.05, 0) is 25.2 Å². The first-order valence-corrected chi connectivity index (χ1v) is 9.46. The van der Waals surface area contributed by atoms with Crippen molar-refractivity contribution in [1.82, 2.24) is 15.6 Å². The molecular formula is C17H28N4S. The van der Waals surface area contributed by atoms with E-state index >= 15 is 0 Å². The zero-order valence-corrected chi connectivity index (χ0v) is 14.6. The third-order valence-corrected chi connectivity index (χ3v) is 5.91. The Bertz CT molecular complexity index is 505. The fourth-order valence-corrected chi connectivity index (χ4v) is 4.43. The molecule has 1 heterocycles. The Kier molecular flexibility index (Phi) is 5.34. The van der Waals surface area contributed by atoms with Gasteiger partial charge in [-0.1, -0.05) is 32.1 Å². The van der Waals surface area contributed by atoms with Gasteiger partial charge in [0.05, 0.1) is 5.01 Å². The number of rotatable bonds is 5. The van der Waals surface area contributed by atoms with Crippen LogP contribution in [0.4, 0.5) is 0 Å². The van der Waals surface area contributed by atoms with E-state index in [1.54, 1.807) is 11.3 Å². The van der Waals surface area contributed by atoms with Gasteiger partial charge in [0.15, 0.2) is 5.96 Å². The van der Waals surface area contributed by atoms with Crippen LogP contribution in [0.5, 0.6) is 0 Å². The summed E-state index contributed by atoms with van der Waals surface area (Å²) < 4.78 is 0. The molecule has 3 rings (SSSR count). The number of aliphatic imine (C=N–C) groups is 1. The summed E-state index contributed by atoms with van der Waals surface area (Å²) in [6, 6.07) is 0.649. The third kappa shape index (κ3) is 4.22. The molecule has 122 valence electrons. The molecular weight excluding hydrogens is 292 g/mol. The first-order valence-electron chi connectivity index (χ1n) is 8.64. The molecule has 4 nitrogen and oxygen atoms in total. The lowest BCUT2D eigenvalue weighted by atomic mass is 9.85. The minimum atomic E-state index is 0.649. The molecule has 0 radical (unpaired) electrons. The van der Waals surface area contributed by atoms with Gasteiger partial charge in [0.1, 0.15) is 0 Å². The summed E-state index contributed by atoms with van der Waals surface area (Å²) >= 11 is 1.78. The first kappa shape index (κ1) is 15.8. The number of guanidine groups is 1. The molecule has 2 N–H and O–H groups in total. The van der Waals surface area contributed by atoms with Crippen molar-refractivity contribution in [3.8, 4) is 0 Å². The van der Waals surface area contributed by atoms with E-state index < -0.39 is 0 Å². The van der Waals surface area contributed by atoms with E-state index in [1.165, 1.54) is 48.4 Å². The molecule has 0 aromatic carbocycles. The average molecular weight is 321 g/mol. The summed E-state index contributed by atoms with van der Waals surface area (Å²) in [4.78, 5) is 10.0. The Hall–Kier alpha value is -1.10.